The van der Waals surface area contributed by atoms with Crippen LogP contribution in [-0.2, 0) is 62.8 Å². The first-order chi connectivity index (χ1) is 55.5. The second-order valence-corrected chi connectivity index (χ2v) is 35.8. The van der Waals surface area contributed by atoms with Gasteiger partial charge < -0.3 is 23.8 Å². The van der Waals surface area contributed by atoms with Crippen molar-refractivity contribution >= 4 is 11.8 Å². The Morgan fingerprint density at radius 2 is 0.870 bits per heavy atom. The summed E-state index contributed by atoms with van der Waals surface area (Å²) in [5.74, 6) is 10.3. The molecular weight excluding hydrogens is 1400 g/mol. The summed E-state index contributed by atoms with van der Waals surface area (Å²) in [6.07, 6.45) is 16.3. The van der Waals surface area contributed by atoms with Gasteiger partial charge in [-0.2, -0.15) is 0 Å². The maximum absolute atomic E-state index is 5.89. The topological polar surface area (TPSA) is 46.6 Å². The molecular formula is C108H145N3O4. The van der Waals surface area contributed by atoms with Crippen LogP contribution < -0.4 is 19.1 Å². The number of hydrogen-bond donors (Lipinski definition) is 0. The smallest absolute Gasteiger partial charge is 0.123 e. The molecule has 17 rings (SSSR count). The molecule has 0 N–H and O–H groups in total. The Kier molecular flexibility index (Phi) is 37.0. The maximum Gasteiger partial charge on any atom is 0.123 e. The summed E-state index contributed by atoms with van der Waals surface area (Å²) in [6, 6.07) is 84.4. The second-order valence-electron chi connectivity index (χ2n) is 35.8. The number of nitrogens with zero attached hydrogens (tertiary/aromatic N) is 3. The quantitative estimate of drug-likeness (QED) is 0.113. The highest BCUT2D eigenvalue weighted by Crippen LogP contribution is 2.36. The summed E-state index contributed by atoms with van der Waals surface area (Å²) >= 11 is 0. The highest BCUT2D eigenvalue weighted by molar-refractivity contribution is 5.64. The Hall–Kier alpha value is -8.46. The molecule has 9 aromatic carbocycles. The lowest BCUT2D eigenvalue weighted by Gasteiger charge is -2.39. The van der Waals surface area contributed by atoms with Crippen LogP contribution in [0.25, 0.3) is 6.08 Å². The van der Waals surface area contributed by atoms with Crippen molar-refractivity contribution < 1.29 is 18.9 Å². The van der Waals surface area contributed by atoms with Crippen molar-refractivity contribution in [2.45, 2.75) is 226 Å². The molecule has 7 heteroatoms. The fourth-order valence-corrected chi connectivity index (χ4v) is 16.1. The Labute approximate surface area is 698 Å². The number of benzene rings is 9. The zero-order valence-corrected chi connectivity index (χ0v) is 74.0. The number of morpholine rings is 1. The van der Waals surface area contributed by atoms with Crippen molar-refractivity contribution in [3.8, 4) is 17.2 Å². The van der Waals surface area contributed by atoms with Crippen molar-refractivity contribution in [2.75, 3.05) is 50.9 Å². The molecule has 4 unspecified atom stereocenters. The van der Waals surface area contributed by atoms with E-state index < -0.39 is 0 Å². The summed E-state index contributed by atoms with van der Waals surface area (Å²) in [4.78, 5) is 7.51. The van der Waals surface area contributed by atoms with Gasteiger partial charge in [-0.25, -0.2) is 0 Å². The molecule has 9 aromatic rings. The fourth-order valence-electron chi connectivity index (χ4n) is 16.1. The van der Waals surface area contributed by atoms with E-state index >= 15 is 0 Å². The number of anilines is 1. The lowest BCUT2D eigenvalue weighted by molar-refractivity contribution is 0.0807. The molecule has 6 heterocycles. The minimum absolute atomic E-state index is 0.391. The summed E-state index contributed by atoms with van der Waals surface area (Å²) in [7, 11) is 0. The summed E-state index contributed by atoms with van der Waals surface area (Å²) in [5, 5.41) is 0. The monoisotopic (exact) mass is 1550 g/mol. The van der Waals surface area contributed by atoms with Crippen LogP contribution in [0.2, 0.25) is 0 Å². The van der Waals surface area contributed by atoms with Crippen molar-refractivity contribution in [1.29, 1.82) is 0 Å². The molecule has 8 aliphatic rings. The summed E-state index contributed by atoms with van der Waals surface area (Å²) < 4.78 is 22.9. The average molecular weight is 1550 g/mol. The van der Waals surface area contributed by atoms with Gasteiger partial charge in [0.15, 0.2) is 0 Å². The largest absolute Gasteiger partial charge is 0.493 e. The third-order valence-corrected chi connectivity index (χ3v) is 24.2. The number of ether oxygens (including phenoxy) is 4. The maximum atomic E-state index is 5.89. The van der Waals surface area contributed by atoms with Crippen LogP contribution in [0.15, 0.2) is 254 Å². The highest BCUT2D eigenvalue weighted by atomic mass is 16.5. The zero-order valence-electron chi connectivity index (χ0n) is 74.0. The molecule has 2 aliphatic carbocycles. The molecule has 0 amide bonds. The van der Waals surface area contributed by atoms with Gasteiger partial charge >= 0.3 is 0 Å². The number of para-hydroxylation sites is 4. The van der Waals surface area contributed by atoms with Gasteiger partial charge in [-0.05, 0) is 216 Å². The molecule has 616 valence electrons. The van der Waals surface area contributed by atoms with Crippen LogP contribution in [-0.4, -0.2) is 80.1 Å². The number of hydrogen-bond acceptors (Lipinski definition) is 7. The van der Waals surface area contributed by atoms with Crippen molar-refractivity contribution in [3.05, 3.63) is 315 Å². The fraction of sp³-hybridized carbons (Fsp3) is 0.463. The first kappa shape index (κ1) is 90.5. The van der Waals surface area contributed by atoms with E-state index in [4.69, 9.17) is 18.9 Å². The Balaban J connectivity index is 0.000000148. The van der Waals surface area contributed by atoms with E-state index in [2.05, 4.69) is 364 Å². The van der Waals surface area contributed by atoms with E-state index in [0.717, 1.165) is 100 Å². The molecule has 0 saturated carbocycles. The van der Waals surface area contributed by atoms with Gasteiger partial charge in [0.05, 0.1) is 25.9 Å². The number of rotatable bonds is 12. The van der Waals surface area contributed by atoms with E-state index in [1.807, 2.05) is 24.3 Å². The standard InChI is InChI=1S/C15H21N.C13H19NO.C12H17N.2C12H16O.C12H16.C12H14.C11H14O.C9H12/c1-13(2)15-8-10-16(11-9-15)12-14-6-4-3-5-7-14;1-11(2)13-10-15-9-8-14(13)12-6-4-3-5-7-12;1-10(2)13-8-7-11-5-3-4-6-12(11)9-13;1-9(2)11-7-10-5-3-4-6-12(10)13-8-11;1-9(2)11-8-7-10-5-3-4-6-12(10)13-11;2*1-9(2)12-7-10-5-3-4-6-11(10)8-12;1-8(2)11-7-9-5-3-4-6-10(9)12-11;1-8(2)9-6-4-3-5-7-9/h3-8,13H,9-12H2,1-2H3;3-7,11,13H,8-10H2,1-2H3;3-6,10H,7-9H2,1-2H3;2*3-6,9,11H,7-8H2,1-2H3;3-6,9,12H,7-8H2,1-2H3;3-7,9H,8H2,1-2H3;3-6,8,11H,7H2,1-2H3;3-8H,1-2H3. The average Bonchev–Trinajstić information content (AvgIpc) is 1.73. The van der Waals surface area contributed by atoms with Gasteiger partial charge in [0.2, 0.25) is 0 Å². The Morgan fingerprint density at radius 1 is 0.374 bits per heavy atom. The molecule has 1 fully saturated rings. The van der Waals surface area contributed by atoms with Crippen LogP contribution in [0.1, 0.15) is 205 Å². The minimum Gasteiger partial charge on any atom is -0.493 e. The molecule has 115 heavy (non-hydrogen) atoms. The molecule has 7 nitrogen and oxygen atoms in total. The van der Waals surface area contributed by atoms with Gasteiger partial charge in [-0.3, -0.25) is 9.80 Å². The van der Waals surface area contributed by atoms with E-state index in [-0.39, 0.29) is 0 Å². The van der Waals surface area contributed by atoms with E-state index in [9.17, 15) is 0 Å². The second kappa shape index (κ2) is 47.1. The minimum atomic E-state index is 0.391. The van der Waals surface area contributed by atoms with Crippen LogP contribution >= 0.6 is 0 Å². The molecule has 0 bridgehead atoms. The van der Waals surface area contributed by atoms with Gasteiger partial charge in [-0.1, -0.05) is 340 Å². The van der Waals surface area contributed by atoms with E-state index in [0.29, 0.717) is 65.7 Å². The van der Waals surface area contributed by atoms with Crippen molar-refractivity contribution in [1.82, 2.24) is 9.80 Å². The number of fused-ring (bicyclic) bond motifs is 6. The SMILES string of the molecule is CC(C)C1=CCN(Cc2ccccc2)CC1.CC(C)C1=Cc2ccccc2C1.CC(C)C1CCc2ccccc2O1.CC(C)C1COCCN1c1ccccc1.CC(C)C1COc2ccccc2C1.CC(C)C1Cc2ccccc2C1.CC(C)C1Cc2ccccc2O1.CC(C)N1CCc2ccccc2C1.CC(C)c1ccccc1. The zero-order chi connectivity index (χ0) is 82.2. The van der Waals surface area contributed by atoms with Crippen LogP contribution in [0.3, 0.4) is 0 Å². The molecule has 4 atom stereocenters. The lowest BCUT2D eigenvalue weighted by Crippen LogP contribution is -2.48. The van der Waals surface area contributed by atoms with E-state index in [1.165, 1.54) is 102 Å². The lowest BCUT2D eigenvalue weighted by atomic mass is 9.88. The Morgan fingerprint density at radius 3 is 1.40 bits per heavy atom. The van der Waals surface area contributed by atoms with Gasteiger partial charge in [0.1, 0.15) is 29.5 Å². The van der Waals surface area contributed by atoms with E-state index in [1.54, 1.807) is 27.8 Å². The Bertz CT molecular complexity index is 4040. The first-order valence-electron chi connectivity index (χ1n) is 44.2. The van der Waals surface area contributed by atoms with Gasteiger partial charge in [0.25, 0.3) is 0 Å². The van der Waals surface area contributed by atoms with Gasteiger partial charge in [-0.15, -0.1) is 0 Å². The van der Waals surface area contributed by atoms with Crippen LogP contribution in [0, 0.1) is 53.3 Å². The first-order valence-corrected chi connectivity index (χ1v) is 44.2. The normalized spacial score (nSPS) is 18.3. The summed E-state index contributed by atoms with van der Waals surface area (Å²) in [6.45, 7) is 50.0. The van der Waals surface area contributed by atoms with Gasteiger partial charge in [0, 0.05) is 57.4 Å². The molecule has 0 radical (unpaired) electrons. The number of allylic oxidation sites excluding steroid dienone is 1. The third-order valence-electron chi connectivity index (χ3n) is 24.2. The molecule has 6 aliphatic heterocycles. The van der Waals surface area contributed by atoms with Crippen molar-refractivity contribution in [2.24, 2.45) is 53.3 Å². The number of aryl methyl sites for hydroxylation is 1. The van der Waals surface area contributed by atoms with Crippen LogP contribution in [0.5, 0.6) is 17.2 Å². The predicted molar refractivity (Wildman–Crippen MR) is 491 cm³/mol. The summed E-state index contributed by atoms with van der Waals surface area (Å²) in [5.41, 5.74) is 20.6. The molecule has 0 aromatic heterocycles. The highest BCUT2D eigenvalue weighted by Gasteiger charge is 2.29. The predicted octanol–water partition coefficient (Wildman–Crippen LogP) is 26.2. The third kappa shape index (κ3) is 29.0. The molecule has 1 saturated heterocycles. The molecule has 0 spiro atoms. The van der Waals surface area contributed by atoms with Crippen molar-refractivity contribution in [3.63, 3.8) is 0 Å². The van der Waals surface area contributed by atoms with Crippen LogP contribution in [0.4, 0.5) is 5.69 Å².